The predicted octanol–water partition coefficient (Wildman–Crippen LogP) is 2.66. The minimum atomic E-state index is -0.733. The Balaban J connectivity index is 1.24. The topological polar surface area (TPSA) is 86.8 Å². The van der Waals surface area contributed by atoms with E-state index in [0.717, 1.165) is 18.7 Å². The molecule has 0 bridgehead atoms. The SMILES string of the molecule is N#Cc1ccc(N2CCC3(CC2)O[C@@H]2CC[C@@H](c4ccccc4)N2C3=O)n2ncnc12. The number of ether oxygens (including phenoxy) is 1. The average molecular weight is 414 g/mol. The molecule has 2 atom stereocenters. The van der Waals surface area contributed by atoms with Crippen molar-refractivity contribution in [2.45, 2.75) is 43.6 Å². The Morgan fingerprint density at radius 2 is 1.90 bits per heavy atom. The summed E-state index contributed by atoms with van der Waals surface area (Å²) in [5.74, 6) is 1.02. The number of carbonyl (C=O) groups excluding carboxylic acids is 1. The molecule has 0 radical (unpaired) electrons. The maximum Gasteiger partial charge on any atom is 0.257 e. The van der Waals surface area contributed by atoms with Crippen LogP contribution >= 0.6 is 0 Å². The van der Waals surface area contributed by atoms with Crippen LogP contribution in [-0.4, -0.2) is 50.3 Å². The lowest BCUT2D eigenvalue weighted by Crippen LogP contribution is -2.50. The molecule has 2 aromatic heterocycles. The number of fused-ring (bicyclic) bond motifs is 2. The third kappa shape index (κ3) is 2.66. The van der Waals surface area contributed by atoms with Gasteiger partial charge in [0.25, 0.3) is 5.91 Å². The van der Waals surface area contributed by atoms with E-state index >= 15 is 0 Å². The number of aromatic nitrogens is 3. The number of piperidine rings is 1. The van der Waals surface area contributed by atoms with Gasteiger partial charge < -0.3 is 14.5 Å². The number of benzene rings is 1. The Hall–Kier alpha value is -3.44. The number of hydrogen-bond donors (Lipinski definition) is 0. The molecule has 156 valence electrons. The third-order valence-corrected chi connectivity index (χ3v) is 6.92. The molecule has 1 amide bonds. The van der Waals surface area contributed by atoms with Gasteiger partial charge in [-0.2, -0.15) is 14.9 Å². The summed E-state index contributed by atoms with van der Waals surface area (Å²) in [6.07, 6.45) is 4.44. The molecule has 31 heavy (non-hydrogen) atoms. The van der Waals surface area contributed by atoms with Gasteiger partial charge in [-0.15, -0.1) is 0 Å². The van der Waals surface area contributed by atoms with Crippen molar-refractivity contribution in [3.8, 4) is 6.07 Å². The second-order valence-electron chi connectivity index (χ2n) is 8.48. The first-order valence-electron chi connectivity index (χ1n) is 10.7. The molecule has 1 aromatic carbocycles. The predicted molar refractivity (Wildman–Crippen MR) is 112 cm³/mol. The Bertz CT molecular complexity index is 1190. The molecule has 8 heteroatoms. The second-order valence-corrected chi connectivity index (χ2v) is 8.48. The number of nitriles is 1. The van der Waals surface area contributed by atoms with E-state index in [0.29, 0.717) is 37.1 Å². The second kappa shape index (κ2) is 6.79. The first-order chi connectivity index (χ1) is 15.2. The zero-order valence-electron chi connectivity index (χ0n) is 17.0. The molecule has 0 aliphatic carbocycles. The summed E-state index contributed by atoms with van der Waals surface area (Å²) in [4.78, 5) is 22.0. The Labute approximate surface area is 179 Å². The van der Waals surface area contributed by atoms with E-state index in [1.165, 1.54) is 11.9 Å². The standard InChI is InChI=1S/C23H22N6O2/c24-14-17-6-8-19(29-21(17)25-15-26-29)27-12-10-23(11-13-27)22(30)28-18(7-9-20(28)31-23)16-4-2-1-3-5-16/h1-6,8,15,18,20H,7,9-13H2/t18-,20+/m0/s1. The smallest absolute Gasteiger partial charge is 0.257 e. The van der Waals surface area contributed by atoms with Gasteiger partial charge in [0, 0.05) is 25.9 Å². The molecule has 1 spiro atoms. The lowest BCUT2D eigenvalue weighted by atomic mass is 9.89. The molecule has 6 rings (SSSR count). The van der Waals surface area contributed by atoms with Crippen LogP contribution < -0.4 is 4.90 Å². The van der Waals surface area contributed by atoms with Crippen LogP contribution in [0.4, 0.5) is 5.82 Å². The van der Waals surface area contributed by atoms with Gasteiger partial charge in [0.1, 0.15) is 24.4 Å². The Morgan fingerprint density at radius 3 is 2.68 bits per heavy atom. The minimum absolute atomic E-state index is 0.101. The number of rotatable bonds is 2. The molecule has 3 aliphatic rings. The highest BCUT2D eigenvalue weighted by Gasteiger charge is 2.58. The van der Waals surface area contributed by atoms with Crippen LogP contribution in [0.2, 0.25) is 0 Å². The first-order valence-corrected chi connectivity index (χ1v) is 10.7. The molecule has 3 fully saturated rings. The average Bonchev–Trinajstić information content (AvgIpc) is 3.52. The van der Waals surface area contributed by atoms with E-state index in [2.05, 4.69) is 33.2 Å². The number of carbonyl (C=O) groups is 1. The van der Waals surface area contributed by atoms with Crippen molar-refractivity contribution < 1.29 is 9.53 Å². The van der Waals surface area contributed by atoms with Crippen molar-refractivity contribution in [3.63, 3.8) is 0 Å². The van der Waals surface area contributed by atoms with Gasteiger partial charge >= 0.3 is 0 Å². The van der Waals surface area contributed by atoms with E-state index < -0.39 is 5.60 Å². The highest BCUT2D eigenvalue weighted by Crippen LogP contribution is 2.47. The van der Waals surface area contributed by atoms with Crippen molar-refractivity contribution >= 4 is 17.4 Å². The van der Waals surface area contributed by atoms with Crippen LogP contribution in [0.5, 0.6) is 0 Å². The molecule has 5 heterocycles. The zero-order chi connectivity index (χ0) is 21.0. The minimum Gasteiger partial charge on any atom is -0.356 e. The maximum atomic E-state index is 13.6. The van der Waals surface area contributed by atoms with Gasteiger partial charge in [0.2, 0.25) is 0 Å². The summed E-state index contributed by atoms with van der Waals surface area (Å²) < 4.78 is 8.15. The maximum absolute atomic E-state index is 13.6. The highest BCUT2D eigenvalue weighted by molar-refractivity contribution is 5.88. The molecule has 3 saturated heterocycles. The van der Waals surface area contributed by atoms with E-state index in [-0.39, 0.29) is 18.2 Å². The van der Waals surface area contributed by atoms with Crippen molar-refractivity contribution in [2.75, 3.05) is 18.0 Å². The highest BCUT2D eigenvalue weighted by atomic mass is 16.6. The van der Waals surface area contributed by atoms with Gasteiger partial charge in [-0.25, -0.2) is 4.98 Å². The summed E-state index contributed by atoms with van der Waals surface area (Å²) in [5.41, 5.74) is 1.50. The molecule has 3 aromatic rings. The Morgan fingerprint density at radius 1 is 1.10 bits per heavy atom. The fourth-order valence-electron chi connectivity index (χ4n) is 5.37. The molecular weight excluding hydrogens is 392 g/mol. The van der Waals surface area contributed by atoms with Crippen LogP contribution in [0.25, 0.3) is 5.65 Å². The van der Waals surface area contributed by atoms with Crippen LogP contribution in [0.15, 0.2) is 48.8 Å². The number of pyridine rings is 1. The van der Waals surface area contributed by atoms with E-state index in [1.54, 1.807) is 10.6 Å². The van der Waals surface area contributed by atoms with E-state index in [4.69, 9.17) is 4.74 Å². The van der Waals surface area contributed by atoms with Crippen LogP contribution in [0.1, 0.15) is 42.9 Å². The molecule has 0 N–H and O–H groups in total. The van der Waals surface area contributed by atoms with Crippen LogP contribution in [0, 0.1) is 11.3 Å². The van der Waals surface area contributed by atoms with Gasteiger partial charge in [-0.3, -0.25) is 4.79 Å². The van der Waals surface area contributed by atoms with Gasteiger partial charge in [0.15, 0.2) is 11.2 Å². The fourth-order valence-corrected chi connectivity index (χ4v) is 5.37. The molecule has 0 unspecified atom stereocenters. The monoisotopic (exact) mass is 414 g/mol. The van der Waals surface area contributed by atoms with Crippen molar-refractivity contribution in [3.05, 3.63) is 59.9 Å². The van der Waals surface area contributed by atoms with E-state index in [9.17, 15) is 10.1 Å². The quantitative estimate of drug-likeness (QED) is 0.641. The first kappa shape index (κ1) is 18.3. The summed E-state index contributed by atoms with van der Waals surface area (Å²) in [6.45, 7) is 1.37. The normalized spacial score (nSPS) is 24.7. The van der Waals surface area contributed by atoms with Gasteiger partial charge in [-0.05, 0) is 30.5 Å². The third-order valence-electron chi connectivity index (χ3n) is 6.92. The van der Waals surface area contributed by atoms with Gasteiger partial charge in [-0.1, -0.05) is 30.3 Å². The number of amides is 1. The van der Waals surface area contributed by atoms with Crippen LogP contribution in [-0.2, 0) is 9.53 Å². The summed E-state index contributed by atoms with van der Waals surface area (Å²) in [7, 11) is 0. The number of hydrogen-bond acceptors (Lipinski definition) is 6. The zero-order valence-corrected chi connectivity index (χ0v) is 17.0. The van der Waals surface area contributed by atoms with E-state index in [1.807, 2.05) is 29.2 Å². The summed E-state index contributed by atoms with van der Waals surface area (Å²) >= 11 is 0. The van der Waals surface area contributed by atoms with Crippen molar-refractivity contribution in [1.29, 1.82) is 5.26 Å². The van der Waals surface area contributed by atoms with Crippen molar-refractivity contribution in [2.24, 2.45) is 0 Å². The molecule has 0 saturated carbocycles. The van der Waals surface area contributed by atoms with Crippen LogP contribution in [0.3, 0.4) is 0 Å². The van der Waals surface area contributed by atoms with Gasteiger partial charge in [0.05, 0.1) is 11.6 Å². The Kier molecular flexibility index (Phi) is 4.02. The lowest BCUT2D eigenvalue weighted by Gasteiger charge is -2.38. The molecule has 3 aliphatic heterocycles. The molecule has 8 nitrogen and oxygen atoms in total. The lowest BCUT2D eigenvalue weighted by molar-refractivity contribution is -0.140. The fraction of sp³-hybridized carbons (Fsp3) is 0.391. The number of nitrogens with zero attached hydrogens (tertiary/aromatic N) is 6. The number of anilines is 1. The summed E-state index contributed by atoms with van der Waals surface area (Å²) in [6, 6.07) is 16.2. The summed E-state index contributed by atoms with van der Waals surface area (Å²) in [5, 5.41) is 13.6. The molecular formula is C23H22N6O2. The largest absolute Gasteiger partial charge is 0.356 e. The van der Waals surface area contributed by atoms with Crippen molar-refractivity contribution in [1.82, 2.24) is 19.5 Å².